The van der Waals surface area contributed by atoms with E-state index >= 15 is 0 Å². The van der Waals surface area contributed by atoms with Crippen molar-refractivity contribution in [2.45, 2.75) is 19.9 Å². The fourth-order valence-electron chi connectivity index (χ4n) is 1.27. The smallest absolute Gasteiger partial charge is 0.159 e. The molecule has 16 heavy (non-hydrogen) atoms. The molecule has 0 amide bonds. The maximum absolute atomic E-state index is 12.8. The van der Waals surface area contributed by atoms with Gasteiger partial charge in [-0.15, -0.1) is 0 Å². The second-order valence-corrected chi connectivity index (χ2v) is 3.54. The molecular formula is C12H17F2NO. The first kappa shape index (κ1) is 13.1. The summed E-state index contributed by atoms with van der Waals surface area (Å²) >= 11 is 0. The molecule has 0 bridgehead atoms. The number of rotatable bonds is 7. The number of hydrogen-bond donors (Lipinski definition) is 1. The van der Waals surface area contributed by atoms with Crippen molar-refractivity contribution in [3.63, 3.8) is 0 Å². The van der Waals surface area contributed by atoms with E-state index in [1.54, 1.807) is 6.07 Å². The zero-order chi connectivity index (χ0) is 11.8. The molecule has 0 aromatic heterocycles. The van der Waals surface area contributed by atoms with Gasteiger partial charge in [0.05, 0.1) is 6.61 Å². The lowest BCUT2D eigenvalue weighted by Gasteiger charge is -2.05. The van der Waals surface area contributed by atoms with Crippen LogP contribution in [0, 0.1) is 11.6 Å². The fourth-order valence-corrected chi connectivity index (χ4v) is 1.27. The first-order valence-corrected chi connectivity index (χ1v) is 5.46. The van der Waals surface area contributed by atoms with E-state index in [0.29, 0.717) is 19.7 Å². The Morgan fingerprint density at radius 3 is 2.69 bits per heavy atom. The molecule has 0 saturated heterocycles. The molecule has 0 radical (unpaired) electrons. The van der Waals surface area contributed by atoms with Gasteiger partial charge in [-0.25, -0.2) is 8.78 Å². The minimum atomic E-state index is -0.810. The predicted octanol–water partition coefficient (Wildman–Crippen LogP) is 2.48. The van der Waals surface area contributed by atoms with Gasteiger partial charge in [-0.3, -0.25) is 0 Å². The van der Waals surface area contributed by atoms with Gasteiger partial charge in [-0.2, -0.15) is 0 Å². The van der Waals surface area contributed by atoms with Gasteiger partial charge in [-0.1, -0.05) is 13.0 Å². The molecule has 0 aliphatic heterocycles. The molecule has 0 heterocycles. The summed E-state index contributed by atoms with van der Waals surface area (Å²) in [5.74, 6) is -1.61. The third-order valence-corrected chi connectivity index (χ3v) is 2.08. The molecule has 2 nitrogen and oxygen atoms in total. The molecule has 0 spiro atoms. The molecule has 0 atom stereocenters. The first-order valence-electron chi connectivity index (χ1n) is 5.46. The molecule has 0 aliphatic rings. The summed E-state index contributed by atoms with van der Waals surface area (Å²) < 4.78 is 30.7. The van der Waals surface area contributed by atoms with Crippen molar-refractivity contribution in [3.05, 3.63) is 35.4 Å². The summed E-state index contributed by atoms with van der Waals surface area (Å²) in [6, 6.07) is 3.91. The van der Waals surface area contributed by atoms with Crippen molar-refractivity contribution in [1.82, 2.24) is 5.32 Å². The average molecular weight is 229 g/mol. The SMILES string of the molecule is CCCOCCNCc1ccc(F)c(F)c1. The van der Waals surface area contributed by atoms with E-state index in [-0.39, 0.29) is 0 Å². The Hall–Kier alpha value is -1.00. The summed E-state index contributed by atoms with van der Waals surface area (Å²) in [6.45, 7) is 4.67. The highest BCUT2D eigenvalue weighted by Crippen LogP contribution is 2.08. The highest BCUT2D eigenvalue weighted by Gasteiger charge is 2.01. The highest BCUT2D eigenvalue weighted by molar-refractivity contribution is 5.17. The Balaban J connectivity index is 2.19. The summed E-state index contributed by atoms with van der Waals surface area (Å²) in [4.78, 5) is 0. The van der Waals surface area contributed by atoms with Crippen LogP contribution in [-0.2, 0) is 11.3 Å². The molecule has 90 valence electrons. The Morgan fingerprint density at radius 2 is 2.00 bits per heavy atom. The monoisotopic (exact) mass is 229 g/mol. The van der Waals surface area contributed by atoms with Gasteiger partial charge in [0, 0.05) is 19.7 Å². The van der Waals surface area contributed by atoms with Crippen molar-refractivity contribution in [3.8, 4) is 0 Å². The van der Waals surface area contributed by atoms with Crippen molar-refractivity contribution >= 4 is 0 Å². The third-order valence-electron chi connectivity index (χ3n) is 2.08. The highest BCUT2D eigenvalue weighted by atomic mass is 19.2. The van der Waals surface area contributed by atoms with Crippen LogP contribution in [0.5, 0.6) is 0 Å². The summed E-state index contributed by atoms with van der Waals surface area (Å²) in [5.41, 5.74) is 0.731. The summed E-state index contributed by atoms with van der Waals surface area (Å²) in [5, 5.41) is 3.09. The molecule has 4 heteroatoms. The molecule has 1 N–H and O–H groups in total. The van der Waals surface area contributed by atoms with Crippen LogP contribution in [0.1, 0.15) is 18.9 Å². The molecule has 1 rings (SSSR count). The van der Waals surface area contributed by atoms with E-state index in [1.165, 1.54) is 6.07 Å². The van der Waals surface area contributed by atoms with E-state index in [2.05, 4.69) is 12.2 Å². The second kappa shape index (κ2) is 7.30. The van der Waals surface area contributed by atoms with E-state index in [0.717, 1.165) is 24.7 Å². The van der Waals surface area contributed by atoms with Gasteiger partial charge < -0.3 is 10.1 Å². The molecule has 0 saturated carbocycles. The van der Waals surface area contributed by atoms with Crippen LogP contribution >= 0.6 is 0 Å². The first-order chi connectivity index (χ1) is 7.74. The maximum Gasteiger partial charge on any atom is 0.159 e. The number of halogens is 2. The minimum Gasteiger partial charge on any atom is -0.380 e. The van der Waals surface area contributed by atoms with Gasteiger partial charge >= 0.3 is 0 Å². The van der Waals surface area contributed by atoms with Crippen LogP contribution in [0.2, 0.25) is 0 Å². The fraction of sp³-hybridized carbons (Fsp3) is 0.500. The van der Waals surface area contributed by atoms with Crippen molar-refractivity contribution in [2.24, 2.45) is 0 Å². The van der Waals surface area contributed by atoms with Crippen LogP contribution in [0.4, 0.5) is 8.78 Å². The summed E-state index contributed by atoms with van der Waals surface area (Å²) in [7, 11) is 0. The zero-order valence-corrected chi connectivity index (χ0v) is 9.43. The molecule has 0 aliphatic carbocycles. The Labute approximate surface area is 94.6 Å². The lowest BCUT2D eigenvalue weighted by atomic mass is 10.2. The largest absolute Gasteiger partial charge is 0.380 e. The standard InChI is InChI=1S/C12H17F2NO/c1-2-6-16-7-5-15-9-10-3-4-11(13)12(14)8-10/h3-4,8,15H,2,5-7,9H2,1H3. The Morgan fingerprint density at radius 1 is 1.19 bits per heavy atom. The zero-order valence-electron chi connectivity index (χ0n) is 9.43. The van der Waals surface area contributed by atoms with Crippen LogP contribution in [-0.4, -0.2) is 19.8 Å². The minimum absolute atomic E-state index is 0.521. The normalized spacial score (nSPS) is 10.7. The van der Waals surface area contributed by atoms with E-state index < -0.39 is 11.6 Å². The van der Waals surface area contributed by atoms with E-state index in [4.69, 9.17) is 4.74 Å². The molecule has 1 aromatic carbocycles. The Bertz CT molecular complexity index is 318. The predicted molar refractivity (Wildman–Crippen MR) is 59.2 cm³/mol. The van der Waals surface area contributed by atoms with E-state index in [1.807, 2.05) is 0 Å². The quantitative estimate of drug-likeness (QED) is 0.725. The van der Waals surface area contributed by atoms with Gasteiger partial charge in [0.2, 0.25) is 0 Å². The lowest BCUT2D eigenvalue weighted by molar-refractivity contribution is 0.136. The third kappa shape index (κ3) is 4.68. The van der Waals surface area contributed by atoms with Crippen LogP contribution in [0.15, 0.2) is 18.2 Å². The molecule has 0 unspecified atom stereocenters. The van der Waals surface area contributed by atoms with Crippen molar-refractivity contribution < 1.29 is 13.5 Å². The van der Waals surface area contributed by atoms with Crippen LogP contribution < -0.4 is 5.32 Å². The van der Waals surface area contributed by atoms with Crippen LogP contribution in [0.3, 0.4) is 0 Å². The molecule has 0 fully saturated rings. The average Bonchev–Trinajstić information content (AvgIpc) is 2.28. The lowest BCUT2D eigenvalue weighted by Crippen LogP contribution is -2.19. The summed E-state index contributed by atoms with van der Waals surface area (Å²) in [6.07, 6.45) is 1.00. The molecular weight excluding hydrogens is 212 g/mol. The van der Waals surface area contributed by atoms with E-state index in [9.17, 15) is 8.78 Å². The van der Waals surface area contributed by atoms with Gasteiger partial charge in [0.1, 0.15) is 0 Å². The van der Waals surface area contributed by atoms with Crippen molar-refractivity contribution in [2.75, 3.05) is 19.8 Å². The second-order valence-electron chi connectivity index (χ2n) is 3.54. The van der Waals surface area contributed by atoms with Crippen molar-refractivity contribution in [1.29, 1.82) is 0 Å². The Kier molecular flexibility index (Phi) is 5.96. The number of nitrogens with one attached hydrogen (secondary N) is 1. The van der Waals surface area contributed by atoms with Gasteiger partial charge in [0.15, 0.2) is 11.6 Å². The van der Waals surface area contributed by atoms with Crippen LogP contribution in [0.25, 0.3) is 0 Å². The van der Waals surface area contributed by atoms with Gasteiger partial charge in [-0.05, 0) is 24.1 Å². The van der Waals surface area contributed by atoms with Gasteiger partial charge in [0.25, 0.3) is 0 Å². The maximum atomic E-state index is 12.8. The number of hydrogen-bond acceptors (Lipinski definition) is 2. The number of ether oxygens (including phenoxy) is 1. The number of benzene rings is 1. The topological polar surface area (TPSA) is 21.3 Å². The molecule has 1 aromatic rings.